The average Bonchev–Trinajstić information content (AvgIpc) is 3.25. The molecule has 3 aliphatic heterocycles. The number of aryl methyl sites for hydroxylation is 1. The Hall–Kier alpha value is -2.84. The SMILES string of the molecule is CN1CCC(=O)c2ccn(CCCCN3CCN(CC4COc5ccccc5O4)CC3)c2C1=O. The van der Waals surface area contributed by atoms with E-state index in [1.807, 2.05) is 41.1 Å². The second-order valence-corrected chi connectivity index (χ2v) is 9.52. The van der Waals surface area contributed by atoms with Gasteiger partial charge in [0.05, 0.1) is 0 Å². The van der Waals surface area contributed by atoms with Crippen molar-refractivity contribution in [3.05, 3.63) is 47.8 Å². The molecule has 1 unspecified atom stereocenters. The van der Waals surface area contributed by atoms with Crippen LogP contribution in [0.25, 0.3) is 0 Å². The Morgan fingerprint density at radius 1 is 0.912 bits per heavy atom. The molecule has 3 aliphatic rings. The van der Waals surface area contributed by atoms with Crippen LogP contribution < -0.4 is 9.47 Å². The van der Waals surface area contributed by atoms with E-state index in [9.17, 15) is 9.59 Å². The Bertz CT molecular complexity index is 1030. The van der Waals surface area contributed by atoms with Gasteiger partial charge < -0.3 is 23.8 Å². The van der Waals surface area contributed by atoms with Crippen molar-refractivity contribution in [2.24, 2.45) is 0 Å². The Labute approximate surface area is 201 Å². The van der Waals surface area contributed by atoms with Gasteiger partial charge in [0.1, 0.15) is 18.4 Å². The van der Waals surface area contributed by atoms with Gasteiger partial charge in [0.2, 0.25) is 0 Å². The van der Waals surface area contributed by atoms with Gasteiger partial charge in [0.25, 0.3) is 5.91 Å². The quantitative estimate of drug-likeness (QED) is 0.584. The second-order valence-electron chi connectivity index (χ2n) is 9.52. The second kappa shape index (κ2) is 10.2. The molecule has 8 heteroatoms. The van der Waals surface area contributed by atoms with E-state index in [4.69, 9.17) is 9.47 Å². The highest BCUT2D eigenvalue weighted by molar-refractivity contribution is 6.08. The van der Waals surface area contributed by atoms with Crippen LogP contribution in [0.2, 0.25) is 0 Å². The molecule has 1 saturated heterocycles. The lowest BCUT2D eigenvalue weighted by atomic mass is 10.1. The topological polar surface area (TPSA) is 67.2 Å². The van der Waals surface area contributed by atoms with E-state index in [0.717, 1.165) is 70.2 Å². The molecule has 5 rings (SSSR count). The van der Waals surface area contributed by atoms with E-state index in [1.54, 1.807) is 11.9 Å². The summed E-state index contributed by atoms with van der Waals surface area (Å²) in [5.41, 5.74) is 1.15. The average molecular weight is 467 g/mol. The van der Waals surface area contributed by atoms with E-state index >= 15 is 0 Å². The van der Waals surface area contributed by atoms with Crippen LogP contribution in [0.1, 0.15) is 40.1 Å². The van der Waals surface area contributed by atoms with E-state index in [2.05, 4.69) is 9.80 Å². The molecule has 2 aromatic rings. The molecule has 1 aromatic heterocycles. The number of ketones is 1. The molecule has 4 heterocycles. The molecule has 0 N–H and O–H groups in total. The zero-order valence-electron chi connectivity index (χ0n) is 19.9. The number of ether oxygens (including phenoxy) is 2. The highest BCUT2D eigenvalue weighted by Crippen LogP contribution is 2.31. The number of benzene rings is 1. The van der Waals surface area contributed by atoms with E-state index < -0.39 is 0 Å². The maximum Gasteiger partial charge on any atom is 0.270 e. The summed E-state index contributed by atoms with van der Waals surface area (Å²) in [7, 11) is 1.77. The van der Waals surface area contributed by atoms with Crippen LogP contribution in [0.5, 0.6) is 11.5 Å². The van der Waals surface area contributed by atoms with E-state index in [0.29, 0.717) is 30.8 Å². The van der Waals surface area contributed by atoms with Gasteiger partial charge >= 0.3 is 0 Å². The predicted molar refractivity (Wildman–Crippen MR) is 129 cm³/mol. The molecule has 1 fully saturated rings. The first kappa shape index (κ1) is 22.9. The lowest BCUT2D eigenvalue weighted by Gasteiger charge is -2.37. The first-order valence-electron chi connectivity index (χ1n) is 12.4. The smallest absolute Gasteiger partial charge is 0.270 e. The number of Topliss-reactive ketones (excluding diaryl/α,β-unsaturated/α-hetero) is 1. The molecule has 182 valence electrons. The molecule has 0 radical (unpaired) electrons. The van der Waals surface area contributed by atoms with Gasteiger partial charge in [-0.2, -0.15) is 0 Å². The van der Waals surface area contributed by atoms with E-state index in [1.165, 1.54) is 0 Å². The number of carbonyl (C=O) groups excluding carboxylic acids is 2. The van der Waals surface area contributed by atoms with Crippen LogP contribution in [0, 0.1) is 0 Å². The number of piperazine rings is 1. The number of hydrogen-bond acceptors (Lipinski definition) is 6. The third kappa shape index (κ3) is 4.98. The number of unbranched alkanes of at least 4 members (excludes halogenated alkanes) is 1. The normalized spacial score (nSPS) is 21.4. The standard InChI is InChI=1S/C26H34N4O4/c1-27-12-9-22(31)21-8-13-30(25(21)26(27)32)11-5-4-10-28-14-16-29(17-15-28)18-20-19-33-23-6-2-3-7-24(23)34-20/h2-3,6-8,13,20H,4-5,9-12,14-19H2,1H3. The number of carbonyl (C=O) groups is 2. The number of amides is 1. The fourth-order valence-electron chi connectivity index (χ4n) is 5.06. The van der Waals surface area contributed by atoms with Gasteiger partial charge in [0, 0.05) is 71.0 Å². The fraction of sp³-hybridized carbons (Fsp3) is 0.538. The van der Waals surface area contributed by atoms with Crippen molar-refractivity contribution in [1.29, 1.82) is 0 Å². The van der Waals surface area contributed by atoms with Crippen molar-refractivity contribution in [2.75, 3.05) is 59.5 Å². The van der Waals surface area contributed by atoms with Gasteiger partial charge in [-0.3, -0.25) is 14.5 Å². The highest BCUT2D eigenvalue weighted by Gasteiger charge is 2.28. The number of aromatic nitrogens is 1. The summed E-state index contributed by atoms with van der Waals surface area (Å²) in [5.74, 6) is 1.70. The van der Waals surface area contributed by atoms with Crippen molar-refractivity contribution in [2.45, 2.75) is 31.9 Å². The molecule has 0 spiro atoms. The lowest BCUT2D eigenvalue weighted by Crippen LogP contribution is -2.50. The fourth-order valence-corrected chi connectivity index (χ4v) is 5.06. The maximum atomic E-state index is 12.7. The summed E-state index contributed by atoms with van der Waals surface area (Å²) < 4.78 is 13.9. The largest absolute Gasteiger partial charge is 0.486 e. The Morgan fingerprint density at radius 3 is 2.47 bits per heavy atom. The number of para-hydroxylation sites is 2. The van der Waals surface area contributed by atoms with Crippen LogP contribution in [-0.2, 0) is 6.54 Å². The Morgan fingerprint density at radius 2 is 1.65 bits per heavy atom. The van der Waals surface area contributed by atoms with Crippen LogP contribution in [-0.4, -0.2) is 96.5 Å². The molecule has 0 saturated carbocycles. The first-order valence-corrected chi connectivity index (χ1v) is 12.4. The lowest BCUT2D eigenvalue weighted by molar-refractivity contribution is 0.0401. The van der Waals surface area contributed by atoms with Crippen LogP contribution in [0.15, 0.2) is 36.5 Å². The van der Waals surface area contributed by atoms with Crippen molar-refractivity contribution in [1.82, 2.24) is 19.3 Å². The number of fused-ring (bicyclic) bond motifs is 2. The molecule has 1 aromatic carbocycles. The summed E-state index contributed by atoms with van der Waals surface area (Å²) in [5, 5.41) is 0. The number of nitrogens with zero attached hydrogens (tertiary/aromatic N) is 4. The molecule has 34 heavy (non-hydrogen) atoms. The number of rotatable bonds is 7. The van der Waals surface area contributed by atoms with Gasteiger partial charge in [-0.25, -0.2) is 0 Å². The van der Waals surface area contributed by atoms with Gasteiger partial charge in [0.15, 0.2) is 17.3 Å². The molecule has 0 bridgehead atoms. The van der Waals surface area contributed by atoms with Gasteiger partial charge in [-0.1, -0.05) is 12.1 Å². The van der Waals surface area contributed by atoms with Crippen molar-refractivity contribution >= 4 is 11.7 Å². The molecule has 1 amide bonds. The monoisotopic (exact) mass is 466 g/mol. The Kier molecular flexibility index (Phi) is 6.87. The third-order valence-electron chi connectivity index (χ3n) is 7.11. The van der Waals surface area contributed by atoms with Crippen LogP contribution >= 0.6 is 0 Å². The highest BCUT2D eigenvalue weighted by atomic mass is 16.6. The van der Waals surface area contributed by atoms with Crippen molar-refractivity contribution in [3.63, 3.8) is 0 Å². The van der Waals surface area contributed by atoms with Crippen molar-refractivity contribution < 1.29 is 19.1 Å². The zero-order chi connectivity index (χ0) is 23.5. The summed E-state index contributed by atoms with van der Waals surface area (Å²) in [4.78, 5) is 31.7. The van der Waals surface area contributed by atoms with Crippen LogP contribution in [0.4, 0.5) is 0 Å². The minimum Gasteiger partial charge on any atom is -0.486 e. The maximum absolute atomic E-state index is 12.7. The zero-order valence-corrected chi connectivity index (χ0v) is 19.9. The van der Waals surface area contributed by atoms with Crippen molar-refractivity contribution in [3.8, 4) is 11.5 Å². The summed E-state index contributed by atoms with van der Waals surface area (Å²) in [6, 6.07) is 9.68. The van der Waals surface area contributed by atoms with E-state index in [-0.39, 0.29) is 17.8 Å². The predicted octanol–water partition coefficient (Wildman–Crippen LogP) is 2.38. The first-order chi connectivity index (χ1) is 16.6. The van der Waals surface area contributed by atoms with Crippen LogP contribution in [0.3, 0.4) is 0 Å². The molecular formula is C26H34N4O4. The minimum atomic E-state index is -0.0437. The summed E-state index contributed by atoms with van der Waals surface area (Å²) >= 11 is 0. The molecule has 0 aliphatic carbocycles. The summed E-state index contributed by atoms with van der Waals surface area (Å²) in [6.45, 7) is 7.99. The minimum absolute atomic E-state index is 0.0437. The Balaban J connectivity index is 1.03. The molecule has 8 nitrogen and oxygen atoms in total. The molecule has 1 atom stereocenters. The van der Waals surface area contributed by atoms with Gasteiger partial charge in [-0.05, 0) is 37.6 Å². The molecular weight excluding hydrogens is 432 g/mol. The third-order valence-corrected chi connectivity index (χ3v) is 7.11. The number of hydrogen-bond donors (Lipinski definition) is 0. The summed E-state index contributed by atoms with van der Waals surface area (Å²) in [6.07, 6.45) is 4.43. The van der Waals surface area contributed by atoms with Gasteiger partial charge in [-0.15, -0.1) is 0 Å².